The zero-order valence-electron chi connectivity index (χ0n) is 15.5. The van der Waals surface area contributed by atoms with Crippen LogP contribution in [0.4, 0.5) is 5.69 Å². The molecule has 0 spiro atoms. The molecular weight excluding hydrogens is 362 g/mol. The van der Waals surface area contributed by atoms with Crippen LogP contribution < -0.4 is 14.4 Å². The van der Waals surface area contributed by atoms with Crippen LogP contribution in [0.2, 0.25) is 0 Å². The molecule has 0 aromatic heterocycles. The number of anilines is 1. The van der Waals surface area contributed by atoms with Crippen LogP contribution >= 0.6 is 0 Å². The molecule has 0 radical (unpaired) electrons. The minimum Gasteiger partial charge on any atom is -0.454 e. The number of rotatable bonds is 4. The van der Waals surface area contributed by atoms with Crippen LogP contribution in [-0.4, -0.2) is 42.3 Å². The standard InChI is InChI=1S/C20H19N3O5/c1-13(24)22(16-6-4-3-5-7-16)11-19-23(14(2)25)21-20(28-19)15-8-9-17-18(10-15)27-12-26-17/h3-10,19H,11-12H2,1-2H3/t19-/m1/s1. The van der Waals surface area contributed by atoms with Gasteiger partial charge in [-0.25, -0.2) is 0 Å². The minimum atomic E-state index is -0.734. The van der Waals surface area contributed by atoms with Gasteiger partial charge in [-0.15, -0.1) is 5.10 Å². The summed E-state index contributed by atoms with van der Waals surface area (Å²) in [6.45, 7) is 3.19. The Balaban J connectivity index is 1.58. The fourth-order valence-electron chi connectivity index (χ4n) is 3.09. The third-order valence-corrected chi connectivity index (χ3v) is 4.45. The first kappa shape index (κ1) is 17.8. The topological polar surface area (TPSA) is 80.7 Å². The summed E-state index contributed by atoms with van der Waals surface area (Å²) in [5.74, 6) is 1.09. The summed E-state index contributed by atoms with van der Waals surface area (Å²) >= 11 is 0. The van der Waals surface area contributed by atoms with Gasteiger partial charge in [0.05, 0.1) is 6.54 Å². The largest absolute Gasteiger partial charge is 0.454 e. The van der Waals surface area contributed by atoms with Crippen LogP contribution in [-0.2, 0) is 14.3 Å². The Bertz CT molecular complexity index is 944. The van der Waals surface area contributed by atoms with Gasteiger partial charge in [0, 0.05) is 25.1 Å². The molecule has 2 aliphatic rings. The second kappa shape index (κ2) is 7.22. The molecule has 0 saturated heterocycles. The summed E-state index contributed by atoms with van der Waals surface area (Å²) in [4.78, 5) is 25.8. The smallest absolute Gasteiger partial charge is 0.243 e. The third kappa shape index (κ3) is 3.36. The number of hydrogen-bond acceptors (Lipinski definition) is 6. The molecule has 0 N–H and O–H groups in total. The molecule has 1 atom stereocenters. The van der Waals surface area contributed by atoms with Crippen molar-refractivity contribution in [1.29, 1.82) is 0 Å². The SMILES string of the molecule is CC(=O)N(C[C@H]1OC(c2ccc3c(c2)OCO3)=NN1C(C)=O)c1ccccc1. The second-order valence-corrected chi connectivity index (χ2v) is 6.37. The Morgan fingerprint density at radius 3 is 2.57 bits per heavy atom. The molecule has 28 heavy (non-hydrogen) atoms. The van der Waals surface area contributed by atoms with E-state index in [1.54, 1.807) is 23.1 Å². The van der Waals surface area contributed by atoms with Gasteiger partial charge in [-0.3, -0.25) is 9.59 Å². The van der Waals surface area contributed by atoms with Crippen LogP contribution in [0.25, 0.3) is 0 Å². The van der Waals surface area contributed by atoms with E-state index in [1.165, 1.54) is 18.9 Å². The fraction of sp³-hybridized carbons (Fsp3) is 0.250. The quantitative estimate of drug-likeness (QED) is 0.812. The highest BCUT2D eigenvalue weighted by molar-refractivity contribution is 5.97. The molecular formula is C20H19N3O5. The van der Waals surface area contributed by atoms with Crippen molar-refractivity contribution in [2.45, 2.75) is 20.1 Å². The van der Waals surface area contributed by atoms with E-state index in [1.807, 2.05) is 30.3 Å². The van der Waals surface area contributed by atoms with Gasteiger partial charge in [0.1, 0.15) is 0 Å². The van der Waals surface area contributed by atoms with Crippen molar-refractivity contribution in [3.8, 4) is 11.5 Å². The van der Waals surface area contributed by atoms with Gasteiger partial charge in [0.2, 0.25) is 30.7 Å². The lowest BCUT2D eigenvalue weighted by atomic mass is 10.2. The maximum Gasteiger partial charge on any atom is 0.243 e. The van der Waals surface area contributed by atoms with Crippen molar-refractivity contribution in [3.05, 3.63) is 54.1 Å². The van der Waals surface area contributed by atoms with Gasteiger partial charge in [-0.1, -0.05) is 18.2 Å². The van der Waals surface area contributed by atoms with Crippen molar-refractivity contribution in [2.24, 2.45) is 5.10 Å². The van der Waals surface area contributed by atoms with Gasteiger partial charge in [-0.2, -0.15) is 5.01 Å². The summed E-state index contributed by atoms with van der Waals surface area (Å²) in [6, 6.07) is 14.5. The maximum absolute atomic E-state index is 12.2. The van der Waals surface area contributed by atoms with E-state index in [0.29, 0.717) is 17.1 Å². The summed E-state index contributed by atoms with van der Waals surface area (Å²) < 4.78 is 16.6. The molecule has 0 unspecified atom stereocenters. The number of carbonyl (C=O) groups excluding carboxylic acids is 2. The summed E-state index contributed by atoms with van der Waals surface area (Å²) in [5.41, 5.74) is 1.38. The lowest BCUT2D eigenvalue weighted by Gasteiger charge is -2.27. The molecule has 0 bridgehead atoms. The van der Waals surface area contributed by atoms with Crippen molar-refractivity contribution in [1.82, 2.24) is 5.01 Å². The highest BCUT2D eigenvalue weighted by Gasteiger charge is 2.34. The number of fused-ring (bicyclic) bond motifs is 1. The lowest BCUT2D eigenvalue weighted by Crippen LogP contribution is -2.44. The molecule has 0 aliphatic carbocycles. The number of hydrazone groups is 1. The van der Waals surface area contributed by atoms with E-state index in [-0.39, 0.29) is 31.0 Å². The Morgan fingerprint density at radius 1 is 1.11 bits per heavy atom. The third-order valence-electron chi connectivity index (χ3n) is 4.45. The van der Waals surface area contributed by atoms with E-state index in [9.17, 15) is 9.59 Å². The number of benzene rings is 2. The molecule has 4 rings (SSSR count). The average molecular weight is 381 g/mol. The molecule has 0 saturated carbocycles. The number of carbonyl (C=O) groups is 2. The minimum absolute atomic E-state index is 0.149. The first-order chi connectivity index (χ1) is 13.5. The monoisotopic (exact) mass is 381 g/mol. The second-order valence-electron chi connectivity index (χ2n) is 6.37. The average Bonchev–Trinajstić information content (AvgIpc) is 3.32. The Labute approximate surface area is 161 Å². The van der Waals surface area contributed by atoms with Crippen molar-refractivity contribution in [2.75, 3.05) is 18.2 Å². The molecule has 8 heteroatoms. The molecule has 144 valence electrons. The predicted octanol–water partition coefficient (Wildman–Crippen LogP) is 2.33. The van der Waals surface area contributed by atoms with Crippen LogP contribution in [0.3, 0.4) is 0 Å². The van der Waals surface area contributed by atoms with Crippen molar-refractivity contribution < 1.29 is 23.8 Å². The Morgan fingerprint density at radius 2 is 1.86 bits per heavy atom. The Kier molecular flexibility index (Phi) is 4.60. The molecule has 2 heterocycles. The normalized spacial score (nSPS) is 17.1. The molecule has 2 aromatic rings. The fourth-order valence-corrected chi connectivity index (χ4v) is 3.09. The number of hydrogen-bond donors (Lipinski definition) is 0. The van der Waals surface area contributed by atoms with E-state index < -0.39 is 6.23 Å². The number of para-hydroxylation sites is 1. The van der Waals surface area contributed by atoms with Crippen LogP contribution in [0.5, 0.6) is 11.5 Å². The van der Waals surface area contributed by atoms with E-state index in [4.69, 9.17) is 14.2 Å². The highest BCUT2D eigenvalue weighted by Crippen LogP contribution is 2.33. The van der Waals surface area contributed by atoms with Gasteiger partial charge in [0.15, 0.2) is 11.5 Å². The molecule has 2 aromatic carbocycles. The number of amides is 2. The zero-order chi connectivity index (χ0) is 19.7. The number of nitrogens with zero attached hydrogens (tertiary/aromatic N) is 3. The van der Waals surface area contributed by atoms with E-state index in [2.05, 4.69) is 5.10 Å². The van der Waals surface area contributed by atoms with Crippen LogP contribution in [0.15, 0.2) is 53.6 Å². The lowest BCUT2D eigenvalue weighted by molar-refractivity contribution is -0.135. The zero-order valence-corrected chi connectivity index (χ0v) is 15.5. The summed E-state index contributed by atoms with van der Waals surface area (Å²) in [6.07, 6.45) is -0.734. The van der Waals surface area contributed by atoms with Crippen molar-refractivity contribution >= 4 is 23.4 Å². The van der Waals surface area contributed by atoms with Crippen LogP contribution in [0.1, 0.15) is 19.4 Å². The van der Waals surface area contributed by atoms with Gasteiger partial charge >= 0.3 is 0 Å². The highest BCUT2D eigenvalue weighted by atomic mass is 16.7. The van der Waals surface area contributed by atoms with Gasteiger partial charge in [0.25, 0.3) is 0 Å². The van der Waals surface area contributed by atoms with Gasteiger partial charge < -0.3 is 19.1 Å². The molecule has 8 nitrogen and oxygen atoms in total. The summed E-state index contributed by atoms with van der Waals surface area (Å²) in [5, 5.41) is 5.56. The first-order valence-corrected chi connectivity index (χ1v) is 8.81. The van der Waals surface area contributed by atoms with Crippen molar-refractivity contribution in [3.63, 3.8) is 0 Å². The number of ether oxygens (including phenoxy) is 3. The van der Waals surface area contributed by atoms with Crippen LogP contribution in [0, 0.1) is 0 Å². The van der Waals surface area contributed by atoms with Gasteiger partial charge in [-0.05, 0) is 30.3 Å². The predicted molar refractivity (Wildman–Crippen MR) is 101 cm³/mol. The maximum atomic E-state index is 12.2. The molecule has 0 fully saturated rings. The first-order valence-electron chi connectivity index (χ1n) is 8.81. The molecule has 2 aliphatic heterocycles. The summed E-state index contributed by atoms with van der Waals surface area (Å²) in [7, 11) is 0. The Hall–Kier alpha value is -3.55. The van der Waals surface area contributed by atoms with E-state index >= 15 is 0 Å². The molecule has 2 amide bonds. The van der Waals surface area contributed by atoms with E-state index in [0.717, 1.165) is 5.69 Å².